The molecule has 0 unspecified atom stereocenters. The van der Waals surface area contributed by atoms with E-state index in [1.54, 1.807) is 12.3 Å². The number of para-hydroxylation sites is 1. The van der Waals surface area contributed by atoms with Gasteiger partial charge in [0.1, 0.15) is 11.8 Å². The summed E-state index contributed by atoms with van der Waals surface area (Å²) < 4.78 is 5.57. The van der Waals surface area contributed by atoms with Crippen LogP contribution in [-0.4, -0.2) is 11.6 Å². The van der Waals surface area contributed by atoms with Crippen molar-refractivity contribution in [2.45, 2.75) is 13.0 Å². The SMILES string of the molecule is N#Cc1ncccc1COCCc1ccccc1N. The minimum atomic E-state index is 0.392. The Bertz CT molecular complexity index is 590. The molecule has 0 saturated heterocycles. The molecular formula is C15H15N3O. The first kappa shape index (κ1) is 13.1. The normalized spacial score (nSPS) is 10.1. The van der Waals surface area contributed by atoms with Gasteiger partial charge in [-0.1, -0.05) is 24.3 Å². The second kappa shape index (κ2) is 6.53. The van der Waals surface area contributed by atoms with Crippen LogP contribution in [-0.2, 0) is 17.8 Å². The third kappa shape index (κ3) is 3.54. The molecule has 0 fully saturated rings. The van der Waals surface area contributed by atoms with E-state index in [1.807, 2.05) is 30.3 Å². The van der Waals surface area contributed by atoms with Crippen LogP contribution in [0.5, 0.6) is 0 Å². The minimum absolute atomic E-state index is 0.392. The number of nitriles is 1. The highest BCUT2D eigenvalue weighted by Gasteiger charge is 2.03. The number of benzene rings is 1. The van der Waals surface area contributed by atoms with Crippen LogP contribution >= 0.6 is 0 Å². The van der Waals surface area contributed by atoms with Gasteiger partial charge in [0.2, 0.25) is 0 Å². The highest BCUT2D eigenvalue weighted by molar-refractivity contribution is 5.46. The number of anilines is 1. The molecule has 0 aliphatic rings. The van der Waals surface area contributed by atoms with Gasteiger partial charge in [-0.3, -0.25) is 0 Å². The average Bonchev–Trinajstić information content (AvgIpc) is 2.45. The van der Waals surface area contributed by atoms with Gasteiger partial charge in [-0.2, -0.15) is 5.26 Å². The van der Waals surface area contributed by atoms with Crippen molar-refractivity contribution in [3.8, 4) is 6.07 Å². The van der Waals surface area contributed by atoms with Gasteiger partial charge in [0.25, 0.3) is 0 Å². The molecule has 4 nitrogen and oxygen atoms in total. The van der Waals surface area contributed by atoms with Crippen molar-refractivity contribution >= 4 is 5.69 Å². The smallest absolute Gasteiger partial charge is 0.145 e. The Hall–Kier alpha value is -2.38. The summed E-state index contributed by atoms with van der Waals surface area (Å²) >= 11 is 0. The first-order chi connectivity index (χ1) is 9.31. The number of aromatic nitrogens is 1. The summed E-state index contributed by atoms with van der Waals surface area (Å²) in [6.07, 6.45) is 2.36. The van der Waals surface area contributed by atoms with Gasteiger partial charge in [0.15, 0.2) is 0 Å². The fourth-order valence-corrected chi connectivity index (χ4v) is 1.78. The number of hydrogen-bond donors (Lipinski definition) is 1. The van der Waals surface area contributed by atoms with E-state index in [4.69, 9.17) is 15.7 Å². The van der Waals surface area contributed by atoms with E-state index in [9.17, 15) is 0 Å². The predicted molar refractivity (Wildman–Crippen MR) is 73.2 cm³/mol. The summed E-state index contributed by atoms with van der Waals surface area (Å²) in [6.45, 7) is 0.956. The lowest BCUT2D eigenvalue weighted by atomic mass is 10.1. The first-order valence-corrected chi connectivity index (χ1v) is 6.06. The van der Waals surface area contributed by atoms with Gasteiger partial charge in [-0.25, -0.2) is 4.98 Å². The molecule has 4 heteroatoms. The van der Waals surface area contributed by atoms with E-state index in [0.717, 1.165) is 23.2 Å². The van der Waals surface area contributed by atoms with Crippen molar-refractivity contribution in [2.24, 2.45) is 0 Å². The van der Waals surface area contributed by atoms with Crippen LogP contribution in [0.4, 0.5) is 5.69 Å². The fraction of sp³-hybridized carbons (Fsp3) is 0.200. The lowest BCUT2D eigenvalue weighted by Crippen LogP contribution is -2.03. The maximum absolute atomic E-state index is 8.90. The molecule has 0 radical (unpaired) electrons. The van der Waals surface area contributed by atoms with Crippen LogP contribution in [0.15, 0.2) is 42.6 Å². The van der Waals surface area contributed by atoms with Crippen molar-refractivity contribution in [3.05, 3.63) is 59.4 Å². The topological polar surface area (TPSA) is 71.9 Å². The molecule has 0 aliphatic carbocycles. The standard InChI is InChI=1S/C15H15N3O/c16-10-15-13(5-3-8-18-15)11-19-9-7-12-4-1-2-6-14(12)17/h1-6,8H,7,9,11,17H2. The zero-order chi connectivity index (χ0) is 13.5. The van der Waals surface area contributed by atoms with Crippen LogP contribution in [0.3, 0.4) is 0 Å². The highest BCUT2D eigenvalue weighted by Crippen LogP contribution is 2.12. The largest absolute Gasteiger partial charge is 0.399 e. The van der Waals surface area contributed by atoms with Gasteiger partial charge < -0.3 is 10.5 Å². The van der Waals surface area contributed by atoms with Gasteiger partial charge >= 0.3 is 0 Å². The Morgan fingerprint density at radius 2 is 1.95 bits per heavy atom. The van der Waals surface area contributed by atoms with E-state index < -0.39 is 0 Å². The summed E-state index contributed by atoms with van der Waals surface area (Å²) in [4.78, 5) is 3.99. The number of nitrogen functional groups attached to an aromatic ring is 1. The van der Waals surface area contributed by atoms with E-state index >= 15 is 0 Å². The molecule has 0 atom stereocenters. The maximum atomic E-state index is 8.90. The van der Waals surface area contributed by atoms with Crippen LogP contribution < -0.4 is 5.73 Å². The molecule has 2 rings (SSSR count). The van der Waals surface area contributed by atoms with Crippen molar-refractivity contribution in [1.82, 2.24) is 4.98 Å². The van der Waals surface area contributed by atoms with Crippen LogP contribution in [0, 0.1) is 11.3 Å². The maximum Gasteiger partial charge on any atom is 0.145 e. The number of nitrogens with two attached hydrogens (primary N) is 1. The second-order valence-corrected chi connectivity index (χ2v) is 4.12. The molecule has 0 bridgehead atoms. The van der Waals surface area contributed by atoms with Crippen molar-refractivity contribution in [1.29, 1.82) is 5.26 Å². The van der Waals surface area contributed by atoms with E-state index in [2.05, 4.69) is 11.1 Å². The molecule has 2 N–H and O–H groups in total. The highest BCUT2D eigenvalue weighted by atomic mass is 16.5. The third-order valence-corrected chi connectivity index (χ3v) is 2.83. The average molecular weight is 253 g/mol. The Kier molecular flexibility index (Phi) is 4.49. The fourth-order valence-electron chi connectivity index (χ4n) is 1.78. The molecule has 1 aromatic carbocycles. The van der Waals surface area contributed by atoms with E-state index in [1.165, 1.54) is 0 Å². The molecule has 0 spiro atoms. The summed E-state index contributed by atoms with van der Waals surface area (Å²) in [5, 5.41) is 8.90. The Balaban J connectivity index is 1.85. The summed E-state index contributed by atoms with van der Waals surface area (Å²) in [5.74, 6) is 0. The zero-order valence-corrected chi connectivity index (χ0v) is 10.5. The van der Waals surface area contributed by atoms with Crippen LogP contribution in [0.2, 0.25) is 0 Å². The number of rotatable bonds is 5. The molecule has 0 amide bonds. The molecule has 0 saturated carbocycles. The quantitative estimate of drug-likeness (QED) is 0.655. The van der Waals surface area contributed by atoms with Gasteiger partial charge in [-0.05, 0) is 24.1 Å². The number of ether oxygens (including phenoxy) is 1. The summed E-state index contributed by atoms with van der Waals surface area (Å²) in [7, 11) is 0. The molecule has 19 heavy (non-hydrogen) atoms. The first-order valence-electron chi connectivity index (χ1n) is 6.06. The summed E-state index contributed by atoms with van der Waals surface area (Å²) in [5.41, 5.74) is 8.94. The van der Waals surface area contributed by atoms with E-state index in [-0.39, 0.29) is 0 Å². The van der Waals surface area contributed by atoms with Crippen molar-refractivity contribution in [2.75, 3.05) is 12.3 Å². The molecular weight excluding hydrogens is 238 g/mol. The molecule has 2 aromatic rings. The van der Waals surface area contributed by atoms with Crippen LogP contribution in [0.25, 0.3) is 0 Å². The molecule has 1 aromatic heterocycles. The Morgan fingerprint density at radius 1 is 1.16 bits per heavy atom. The van der Waals surface area contributed by atoms with Crippen molar-refractivity contribution < 1.29 is 4.74 Å². The molecule has 96 valence electrons. The lowest BCUT2D eigenvalue weighted by Gasteiger charge is -2.07. The van der Waals surface area contributed by atoms with Crippen molar-refractivity contribution in [3.63, 3.8) is 0 Å². The Morgan fingerprint density at radius 3 is 2.74 bits per heavy atom. The zero-order valence-electron chi connectivity index (χ0n) is 10.5. The van der Waals surface area contributed by atoms with E-state index in [0.29, 0.717) is 18.9 Å². The predicted octanol–water partition coefficient (Wildman–Crippen LogP) is 2.29. The number of pyridine rings is 1. The monoisotopic (exact) mass is 253 g/mol. The van der Waals surface area contributed by atoms with Gasteiger partial charge in [-0.15, -0.1) is 0 Å². The number of hydrogen-bond acceptors (Lipinski definition) is 4. The van der Waals surface area contributed by atoms with Crippen LogP contribution in [0.1, 0.15) is 16.8 Å². The molecule has 0 aliphatic heterocycles. The second-order valence-electron chi connectivity index (χ2n) is 4.12. The van der Waals surface area contributed by atoms with Gasteiger partial charge in [0, 0.05) is 17.4 Å². The lowest BCUT2D eigenvalue weighted by molar-refractivity contribution is 0.123. The third-order valence-electron chi connectivity index (χ3n) is 2.83. The summed E-state index contributed by atoms with van der Waals surface area (Å²) in [6, 6.07) is 13.4. The minimum Gasteiger partial charge on any atom is -0.399 e. The number of nitrogens with zero attached hydrogens (tertiary/aromatic N) is 2. The molecule has 1 heterocycles. The Labute approximate surface area is 112 Å². The van der Waals surface area contributed by atoms with Gasteiger partial charge in [0.05, 0.1) is 13.2 Å².